The lowest BCUT2D eigenvalue weighted by Crippen LogP contribution is -2.38. The zero-order valence-electron chi connectivity index (χ0n) is 12.5. The second-order valence-corrected chi connectivity index (χ2v) is 6.03. The number of nitrogens with two attached hydrogens (primary N) is 1. The molecule has 0 atom stereocenters. The summed E-state index contributed by atoms with van der Waals surface area (Å²) in [4.78, 5) is 2.36. The van der Waals surface area contributed by atoms with Crippen LogP contribution in [0.25, 0.3) is 11.3 Å². The predicted molar refractivity (Wildman–Crippen MR) is 83.6 cm³/mol. The highest BCUT2D eigenvalue weighted by molar-refractivity contribution is 5.58. The molecule has 0 saturated heterocycles. The normalized spacial score (nSPS) is 22.6. The van der Waals surface area contributed by atoms with E-state index >= 15 is 0 Å². The summed E-state index contributed by atoms with van der Waals surface area (Å²) in [7, 11) is 2.16. The van der Waals surface area contributed by atoms with Crippen molar-refractivity contribution >= 4 is 0 Å². The van der Waals surface area contributed by atoms with Gasteiger partial charge in [-0.05, 0) is 32.7 Å². The fourth-order valence-corrected chi connectivity index (χ4v) is 3.05. The molecule has 0 spiro atoms. The minimum Gasteiger partial charge on any atom is -0.359 e. The molecule has 2 N–H and O–H groups in total. The van der Waals surface area contributed by atoms with Crippen molar-refractivity contribution in [3.8, 4) is 11.3 Å². The number of aromatic nitrogens is 1. The van der Waals surface area contributed by atoms with Gasteiger partial charge in [-0.3, -0.25) is 4.90 Å². The molecular formula is C17H23N3O. The summed E-state index contributed by atoms with van der Waals surface area (Å²) in [6.45, 7) is 0.805. The van der Waals surface area contributed by atoms with Crippen LogP contribution in [0.2, 0.25) is 0 Å². The number of hydrogen-bond acceptors (Lipinski definition) is 4. The first-order valence-electron chi connectivity index (χ1n) is 7.69. The molecule has 2 aromatic rings. The van der Waals surface area contributed by atoms with Gasteiger partial charge in [-0.25, -0.2) is 0 Å². The Balaban J connectivity index is 1.62. The summed E-state index contributed by atoms with van der Waals surface area (Å²) in [6.07, 6.45) is 4.61. The van der Waals surface area contributed by atoms with Crippen LogP contribution >= 0.6 is 0 Å². The maximum atomic E-state index is 5.97. The Labute approximate surface area is 125 Å². The molecule has 0 aliphatic heterocycles. The first kappa shape index (κ1) is 14.3. The van der Waals surface area contributed by atoms with Gasteiger partial charge in [0.1, 0.15) is 5.69 Å². The van der Waals surface area contributed by atoms with Crippen LogP contribution < -0.4 is 5.73 Å². The highest BCUT2D eigenvalue weighted by atomic mass is 16.5. The highest BCUT2D eigenvalue weighted by Crippen LogP contribution is 2.24. The zero-order valence-corrected chi connectivity index (χ0v) is 12.5. The summed E-state index contributed by atoms with van der Waals surface area (Å²) >= 11 is 0. The Morgan fingerprint density at radius 3 is 2.62 bits per heavy atom. The molecule has 4 heteroatoms. The second kappa shape index (κ2) is 6.41. The van der Waals surface area contributed by atoms with Crippen LogP contribution in [0, 0.1) is 0 Å². The van der Waals surface area contributed by atoms with E-state index in [4.69, 9.17) is 10.3 Å². The number of benzene rings is 1. The lowest BCUT2D eigenvalue weighted by atomic mass is 9.91. The van der Waals surface area contributed by atoms with Crippen molar-refractivity contribution in [3.05, 3.63) is 42.2 Å². The monoisotopic (exact) mass is 285 g/mol. The molecule has 0 radical (unpaired) electrons. The molecule has 0 unspecified atom stereocenters. The molecule has 1 heterocycles. The molecule has 1 aromatic carbocycles. The Kier molecular flexibility index (Phi) is 4.36. The molecule has 0 amide bonds. The van der Waals surface area contributed by atoms with Crippen LogP contribution in [-0.2, 0) is 6.54 Å². The Hall–Kier alpha value is -1.65. The molecule has 112 valence electrons. The van der Waals surface area contributed by atoms with Crippen molar-refractivity contribution in [1.29, 1.82) is 0 Å². The van der Waals surface area contributed by atoms with E-state index in [9.17, 15) is 0 Å². The largest absolute Gasteiger partial charge is 0.359 e. The van der Waals surface area contributed by atoms with Crippen LogP contribution in [0.1, 0.15) is 31.4 Å². The lowest BCUT2D eigenvalue weighted by molar-refractivity contribution is 0.161. The van der Waals surface area contributed by atoms with E-state index in [2.05, 4.69) is 17.1 Å². The minimum atomic E-state index is 0.393. The van der Waals surface area contributed by atoms with E-state index in [1.54, 1.807) is 0 Å². The Bertz CT molecular complexity index is 558. The predicted octanol–water partition coefficient (Wildman–Crippen LogP) is 3.04. The molecule has 1 saturated carbocycles. The van der Waals surface area contributed by atoms with Crippen molar-refractivity contribution in [3.63, 3.8) is 0 Å². The van der Waals surface area contributed by atoms with Crippen molar-refractivity contribution in [2.45, 2.75) is 44.3 Å². The average Bonchev–Trinajstić information content (AvgIpc) is 2.97. The molecule has 1 aromatic heterocycles. The summed E-state index contributed by atoms with van der Waals surface area (Å²) in [6, 6.07) is 13.2. The van der Waals surface area contributed by atoms with Crippen molar-refractivity contribution in [2.75, 3.05) is 7.05 Å². The van der Waals surface area contributed by atoms with E-state index in [1.807, 2.05) is 36.4 Å². The first-order chi connectivity index (χ1) is 10.2. The van der Waals surface area contributed by atoms with Gasteiger partial charge < -0.3 is 10.3 Å². The summed E-state index contributed by atoms with van der Waals surface area (Å²) in [5.74, 6) is 0.922. The second-order valence-electron chi connectivity index (χ2n) is 6.03. The summed E-state index contributed by atoms with van der Waals surface area (Å²) < 4.78 is 5.49. The van der Waals surface area contributed by atoms with Crippen LogP contribution in [0.5, 0.6) is 0 Å². The van der Waals surface area contributed by atoms with E-state index in [1.165, 1.54) is 12.8 Å². The molecule has 1 aliphatic rings. The molecule has 3 rings (SSSR count). The van der Waals surface area contributed by atoms with Crippen molar-refractivity contribution < 1.29 is 4.52 Å². The van der Waals surface area contributed by atoms with Crippen molar-refractivity contribution in [2.24, 2.45) is 5.73 Å². The number of hydrogen-bond donors (Lipinski definition) is 1. The quantitative estimate of drug-likeness (QED) is 0.938. The van der Waals surface area contributed by atoms with Crippen molar-refractivity contribution in [1.82, 2.24) is 10.1 Å². The fourth-order valence-electron chi connectivity index (χ4n) is 3.05. The van der Waals surface area contributed by atoms with Crippen LogP contribution in [0.15, 0.2) is 40.9 Å². The van der Waals surface area contributed by atoms with Gasteiger partial charge in [-0.2, -0.15) is 0 Å². The average molecular weight is 285 g/mol. The molecule has 1 fully saturated rings. The third-order valence-corrected chi connectivity index (χ3v) is 4.40. The van der Waals surface area contributed by atoms with Gasteiger partial charge in [0.05, 0.1) is 6.54 Å². The van der Waals surface area contributed by atoms with Gasteiger partial charge in [0.25, 0.3) is 0 Å². The highest BCUT2D eigenvalue weighted by Gasteiger charge is 2.22. The maximum absolute atomic E-state index is 5.97. The molecule has 0 bridgehead atoms. The van der Waals surface area contributed by atoms with Gasteiger partial charge in [0.2, 0.25) is 0 Å². The Morgan fingerprint density at radius 2 is 1.90 bits per heavy atom. The topological polar surface area (TPSA) is 55.3 Å². The lowest BCUT2D eigenvalue weighted by Gasteiger charge is -2.32. The molecule has 4 nitrogen and oxygen atoms in total. The fraction of sp³-hybridized carbons (Fsp3) is 0.471. The molecular weight excluding hydrogens is 262 g/mol. The van der Waals surface area contributed by atoms with Gasteiger partial charge >= 0.3 is 0 Å². The van der Waals surface area contributed by atoms with Gasteiger partial charge in [-0.15, -0.1) is 0 Å². The molecule has 21 heavy (non-hydrogen) atoms. The van der Waals surface area contributed by atoms with Crippen LogP contribution in [0.4, 0.5) is 0 Å². The van der Waals surface area contributed by atoms with Crippen LogP contribution in [-0.4, -0.2) is 29.2 Å². The first-order valence-corrected chi connectivity index (χ1v) is 7.69. The minimum absolute atomic E-state index is 0.393. The number of nitrogens with zero attached hydrogens (tertiary/aromatic N) is 2. The Morgan fingerprint density at radius 1 is 1.19 bits per heavy atom. The third-order valence-electron chi connectivity index (χ3n) is 4.40. The summed E-state index contributed by atoms with van der Waals surface area (Å²) in [5, 5.41) is 4.18. The van der Waals surface area contributed by atoms with E-state index < -0.39 is 0 Å². The van der Waals surface area contributed by atoms with E-state index in [0.29, 0.717) is 12.1 Å². The third kappa shape index (κ3) is 3.52. The standard InChI is InChI=1S/C17H23N3O/c1-20(15-9-7-14(18)8-10-15)12-16-11-17(19-21-16)13-5-3-2-4-6-13/h2-6,11,14-15H,7-10,12,18H2,1H3. The molecule has 1 aliphatic carbocycles. The summed E-state index contributed by atoms with van der Waals surface area (Å²) in [5.41, 5.74) is 7.97. The van der Waals surface area contributed by atoms with Gasteiger partial charge in [0.15, 0.2) is 5.76 Å². The smallest absolute Gasteiger partial charge is 0.151 e. The number of rotatable bonds is 4. The van der Waals surface area contributed by atoms with Gasteiger partial charge in [0, 0.05) is 23.7 Å². The maximum Gasteiger partial charge on any atom is 0.151 e. The van der Waals surface area contributed by atoms with E-state index in [-0.39, 0.29) is 0 Å². The van der Waals surface area contributed by atoms with Crippen LogP contribution in [0.3, 0.4) is 0 Å². The SMILES string of the molecule is CN(Cc1cc(-c2ccccc2)no1)C1CCC(N)CC1. The van der Waals surface area contributed by atoms with Gasteiger partial charge in [-0.1, -0.05) is 35.5 Å². The zero-order chi connectivity index (χ0) is 14.7. The van der Waals surface area contributed by atoms with E-state index in [0.717, 1.165) is 36.4 Å².